The lowest BCUT2D eigenvalue weighted by Crippen LogP contribution is -2.34. The first-order valence-electron chi connectivity index (χ1n) is 7.31. The van der Waals surface area contributed by atoms with Gasteiger partial charge in [-0.3, -0.25) is 9.59 Å². The Kier molecular flexibility index (Phi) is 4.25. The monoisotopic (exact) mass is 318 g/mol. The Labute approximate surface area is 133 Å². The summed E-state index contributed by atoms with van der Waals surface area (Å²) in [5.74, 6) is -2.49. The Morgan fingerprint density at radius 3 is 2.41 bits per heavy atom. The van der Waals surface area contributed by atoms with Crippen molar-refractivity contribution in [3.05, 3.63) is 42.0 Å². The van der Waals surface area contributed by atoms with Gasteiger partial charge in [0.15, 0.2) is 0 Å². The number of carbonyl (C=O) groups is 2. The summed E-state index contributed by atoms with van der Waals surface area (Å²) < 4.78 is 5.38. The topological polar surface area (TPSA) is 63.6 Å². The van der Waals surface area contributed by atoms with E-state index in [-0.39, 0.29) is 18.4 Å². The summed E-state index contributed by atoms with van der Waals surface area (Å²) in [5.41, 5.74) is 0.914. The number of fused-ring (bicyclic) bond motifs is 2. The van der Waals surface area contributed by atoms with Crippen LogP contribution in [0.3, 0.4) is 0 Å². The summed E-state index contributed by atoms with van der Waals surface area (Å²) in [6.07, 6.45) is 6.64. The van der Waals surface area contributed by atoms with E-state index >= 15 is 0 Å². The summed E-state index contributed by atoms with van der Waals surface area (Å²) in [7, 11) is 0. The molecule has 0 aromatic heterocycles. The van der Waals surface area contributed by atoms with Gasteiger partial charge >= 0.3 is 11.9 Å². The van der Waals surface area contributed by atoms with Crippen LogP contribution in [0, 0.1) is 23.7 Å². The number of carboxylic acids is 1. The molecule has 1 N–H and O–H groups in total. The van der Waals surface area contributed by atoms with Crippen LogP contribution >= 0.6 is 11.8 Å². The van der Waals surface area contributed by atoms with Crippen LogP contribution in [0.2, 0.25) is 0 Å². The van der Waals surface area contributed by atoms with E-state index in [1.165, 1.54) is 0 Å². The Hall–Kier alpha value is -1.75. The first kappa shape index (κ1) is 15.2. The highest BCUT2D eigenvalue weighted by atomic mass is 32.2. The average molecular weight is 318 g/mol. The second-order valence-corrected chi connectivity index (χ2v) is 6.67. The van der Waals surface area contributed by atoms with Crippen molar-refractivity contribution < 1.29 is 19.4 Å². The zero-order valence-corrected chi connectivity index (χ0v) is 13.1. The Morgan fingerprint density at radius 2 is 1.82 bits per heavy atom. The van der Waals surface area contributed by atoms with Crippen LogP contribution in [0.15, 0.2) is 41.3 Å². The molecule has 0 saturated heterocycles. The predicted molar refractivity (Wildman–Crippen MR) is 83.4 cm³/mol. The average Bonchev–Trinajstić information content (AvgIpc) is 3.14. The van der Waals surface area contributed by atoms with Crippen molar-refractivity contribution in [3.8, 4) is 0 Å². The molecular formula is C17H18O4S. The highest BCUT2D eigenvalue weighted by Crippen LogP contribution is 2.48. The van der Waals surface area contributed by atoms with E-state index < -0.39 is 23.8 Å². The van der Waals surface area contributed by atoms with E-state index in [4.69, 9.17) is 4.74 Å². The Morgan fingerprint density at radius 1 is 1.18 bits per heavy atom. The third-order valence-corrected chi connectivity index (χ3v) is 5.30. The highest BCUT2D eigenvalue weighted by Gasteiger charge is 2.52. The lowest BCUT2D eigenvalue weighted by atomic mass is 9.83. The third-order valence-electron chi connectivity index (χ3n) is 4.56. The maximum atomic E-state index is 12.3. The number of carboxylic acid groups (broad SMARTS) is 1. The van der Waals surface area contributed by atoms with E-state index in [0.717, 1.165) is 16.9 Å². The predicted octanol–water partition coefficient (Wildman–Crippen LogP) is 2.97. The number of hydrogen-bond donors (Lipinski definition) is 1. The minimum atomic E-state index is -0.900. The minimum absolute atomic E-state index is 0.0115. The number of ether oxygens (including phenoxy) is 1. The van der Waals surface area contributed by atoms with Crippen LogP contribution in [0.1, 0.15) is 12.0 Å². The molecule has 1 aromatic carbocycles. The summed E-state index contributed by atoms with van der Waals surface area (Å²) in [4.78, 5) is 24.9. The van der Waals surface area contributed by atoms with Gasteiger partial charge < -0.3 is 9.84 Å². The summed E-state index contributed by atoms with van der Waals surface area (Å²) in [6.45, 7) is 0.192. The number of carbonyl (C=O) groups excluding carboxylic acids is 1. The zero-order valence-electron chi connectivity index (χ0n) is 12.3. The molecule has 1 aromatic rings. The van der Waals surface area contributed by atoms with Crippen LogP contribution in [0.4, 0.5) is 0 Å². The zero-order chi connectivity index (χ0) is 15.7. The summed E-state index contributed by atoms with van der Waals surface area (Å²) in [5, 5.41) is 9.35. The van der Waals surface area contributed by atoms with Gasteiger partial charge in [-0.05, 0) is 42.2 Å². The molecule has 4 nitrogen and oxygen atoms in total. The number of esters is 1. The van der Waals surface area contributed by atoms with E-state index in [0.29, 0.717) is 0 Å². The summed E-state index contributed by atoms with van der Waals surface area (Å²) >= 11 is 1.65. The number of benzene rings is 1. The molecule has 2 aliphatic rings. The van der Waals surface area contributed by atoms with E-state index in [2.05, 4.69) is 0 Å². The molecule has 116 valence electrons. The van der Waals surface area contributed by atoms with Gasteiger partial charge in [-0.15, -0.1) is 11.8 Å². The molecule has 2 aliphatic carbocycles. The largest absolute Gasteiger partial charge is 0.481 e. The molecular weight excluding hydrogens is 300 g/mol. The van der Waals surface area contributed by atoms with Crippen molar-refractivity contribution in [2.75, 3.05) is 6.26 Å². The third kappa shape index (κ3) is 2.77. The molecule has 0 amide bonds. The summed E-state index contributed by atoms with van der Waals surface area (Å²) in [6, 6.07) is 7.81. The fourth-order valence-electron chi connectivity index (χ4n) is 3.45. The Bertz CT molecular complexity index is 608. The Balaban J connectivity index is 1.64. The van der Waals surface area contributed by atoms with Crippen LogP contribution in [-0.4, -0.2) is 23.3 Å². The first-order valence-corrected chi connectivity index (χ1v) is 8.53. The number of rotatable bonds is 5. The number of aliphatic carboxylic acids is 1. The maximum Gasteiger partial charge on any atom is 0.310 e. The fraction of sp³-hybridized carbons (Fsp3) is 0.412. The van der Waals surface area contributed by atoms with Crippen molar-refractivity contribution in [2.24, 2.45) is 23.7 Å². The molecule has 0 aliphatic heterocycles. The molecule has 4 unspecified atom stereocenters. The molecule has 2 bridgehead atoms. The van der Waals surface area contributed by atoms with Crippen LogP contribution in [0.25, 0.3) is 0 Å². The molecule has 3 rings (SSSR count). The van der Waals surface area contributed by atoms with Crippen LogP contribution in [-0.2, 0) is 20.9 Å². The van der Waals surface area contributed by atoms with Gasteiger partial charge in [0.05, 0.1) is 11.8 Å². The van der Waals surface area contributed by atoms with Gasteiger partial charge in [-0.2, -0.15) is 0 Å². The maximum absolute atomic E-state index is 12.3. The molecule has 5 heteroatoms. The lowest BCUT2D eigenvalue weighted by Gasteiger charge is -2.23. The van der Waals surface area contributed by atoms with E-state index in [1.54, 1.807) is 11.8 Å². The number of allylic oxidation sites excluding steroid dienone is 2. The smallest absolute Gasteiger partial charge is 0.310 e. The van der Waals surface area contributed by atoms with Gasteiger partial charge in [0.1, 0.15) is 6.61 Å². The minimum Gasteiger partial charge on any atom is -0.481 e. The standard InChI is InChI=1S/C17H18O4S/c1-22-13-6-2-10(3-7-13)9-21-17(20)15-12-5-4-11(8-12)14(15)16(18)19/h2-7,11-12,14-15H,8-9H2,1H3,(H,18,19). The van der Waals surface area contributed by atoms with Crippen molar-refractivity contribution in [1.29, 1.82) is 0 Å². The molecule has 0 heterocycles. The van der Waals surface area contributed by atoms with Crippen LogP contribution in [0.5, 0.6) is 0 Å². The highest BCUT2D eigenvalue weighted by molar-refractivity contribution is 7.98. The lowest BCUT2D eigenvalue weighted by molar-refractivity contribution is -0.159. The fourth-order valence-corrected chi connectivity index (χ4v) is 3.86. The molecule has 1 saturated carbocycles. The quantitative estimate of drug-likeness (QED) is 0.514. The van der Waals surface area contributed by atoms with Crippen molar-refractivity contribution in [1.82, 2.24) is 0 Å². The van der Waals surface area contributed by atoms with Crippen molar-refractivity contribution in [3.63, 3.8) is 0 Å². The first-order chi connectivity index (χ1) is 10.6. The van der Waals surface area contributed by atoms with E-state index in [1.807, 2.05) is 42.7 Å². The van der Waals surface area contributed by atoms with Crippen molar-refractivity contribution >= 4 is 23.7 Å². The van der Waals surface area contributed by atoms with E-state index in [9.17, 15) is 14.7 Å². The molecule has 0 radical (unpaired) electrons. The van der Waals surface area contributed by atoms with Crippen molar-refractivity contribution in [2.45, 2.75) is 17.9 Å². The number of thioether (sulfide) groups is 1. The SMILES string of the molecule is CSc1ccc(COC(=O)C2C3C=CC(C3)C2C(=O)O)cc1. The number of hydrogen-bond acceptors (Lipinski definition) is 4. The molecule has 1 fully saturated rings. The van der Waals surface area contributed by atoms with Gasteiger partial charge in [-0.25, -0.2) is 0 Å². The van der Waals surface area contributed by atoms with Crippen LogP contribution < -0.4 is 0 Å². The van der Waals surface area contributed by atoms with Gasteiger partial charge in [0.2, 0.25) is 0 Å². The van der Waals surface area contributed by atoms with Gasteiger partial charge in [0, 0.05) is 4.90 Å². The molecule has 22 heavy (non-hydrogen) atoms. The van der Waals surface area contributed by atoms with Gasteiger partial charge in [-0.1, -0.05) is 24.3 Å². The van der Waals surface area contributed by atoms with Gasteiger partial charge in [0.25, 0.3) is 0 Å². The molecule has 0 spiro atoms. The second-order valence-electron chi connectivity index (χ2n) is 5.79. The second kappa shape index (κ2) is 6.16. The normalized spacial score (nSPS) is 28.8. The molecule has 4 atom stereocenters.